The number of halogens is 1. The normalized spacial score (nSPS) is 19.9. The minimum Gasteiger partial charge on any atom is -0.493 e. The topological polar surface area (TPSA) is 59.1 Å². The van der Waals surface area contributed by atoms with Crippen molar-refractivity contribution in [2.45, 2.75) is 46.0 Å². The van der Waals surface area contributed by atoms with Crippen molar-refractivity contribution in [3.8, 4) is 11.5 Å². The van der Waals surface area contributed by atoms with Gasteiger partial charge in [0.1, 0.15) is 0 Å². The highest BCUT2D eigenvalue weighted by Crippen LogP contribution is 2.37. The van der Waals surface area contributed by atoms with Crippen molar-refractivity contribution in [2.24, 2.45) is 11.8 Å². The number of methoxy groups -OCH3 is 1. The molecule has 0 aromatic heterocycles. The van der Waals surface area contributed by atoms with Crippen LogP contribution in [0.3, 0.4) is 0 Å². The van der Waals surface area contributed by atoms with Crippen LogP contribution < -0.4 is 9.47 Å². The molecule has 0 aliphatic carbocycles. The highest BCUT2D eigenvalue weighted by Gasteiger charge is 2.31. The minimum atomic E-state index is -0.0520. The lowest BCUT2D eigenvalue weighted by molar-refractivity contribution is -0.140. The number of ether oxygens (including phenoxy) is 2. The van der Waals surface area contributed by atoms with Crippen molar-refractivity contribution in [1.29, 1.82) is 0 Å². The predicted octanol–water partition coefficient (Wildman–Crippen LogP) is 4.65. The molecule has 2 aliphatic rings. The summed E-state index contributed by atoms with van der Waals surface area (Å²) < 4.78 is 11.1. The van der Waals surface area contributed by atoms with Gasteiger partial charge in [-0.05, 0) is 61.8 Å². The third-order valence-electron chi connectivity index (χ3n) is 6.25. The number of carbonyl (C=O) groups excluding carboxylic acids is 2. The molecule has 0 unspecified atom stereocenters. The van der Waals surface area contributed by atoms with Gasteiger partial charge in [0.2, 0.25) is 11.8 Å². The van der Waals surface area contributed by atoms with Gasteiger partial charge in [-0.1, -0.05) is 25.4 Å². The van der Waals surface area contributed by atoms with E-state index in [4.69, 9.17) is 21.1 Å². The molecule has 1 aromatic rings. The fourth-order valence-corrected chi connectivity index (χ4v) is 4.72. The molecule has 32 heavy (non-hydrogen) atoms. The molecule has 2 aliphatic heterocycles. The second kappa shape index (κ2) is 11.6. The van der Waals surface area contributed by atoms with E-state index in [-0.39, 0.29) is 17.7 Å². The van der Waals surface area contributed by atoms with Gasteiger partial charge in [-0.25, -0.2) is 0 Å². The van der Waals surface area contributed by atoms with Crippen molar-refractivity contribution in [1.82, 2.24) is 9.80 Å². The van der Waals surface area contributed by atoms with E-state index >= 15 is 0 Å². The number of amides is 2. The van der Waals surface area contributed by atoms with Gasteiger partial charge >= 0.3 is 0 Å². The lowest BCUT2D eigenvalue weighted by Gasteiger charge is -2.37. The summed E-state index contributed by atoms with van der Waals surface area (Å²) in [7, 11) is 1.57. The fourth-order valence-electron chi connectivity index (χ4n) is 4.45. The first-order valence-corrected chi connectivity index (χ1v) is 12.1. The van der Waals surface area contributed by atoms with Gasteiger partial charge in [-0.15, -0.1) is 0 Å². The van der Waals surface area contributed by atoms with Crippen molar-refractivity contribution < 1.29 is 19.1 Å². The molecule has 2 heterocycles. The number of hydrogen-bond donors (Lipinski definition) is 0. The van der Waals surface area contributed by atoms with Gasteiger partial charge in [-0.3, -0.25) is 9.59 Å². The number of carbonyl (C=O) groups is 2. The van der Waals surface area contributed by atoms with Crippen LogP contribution in [0.2, 0.25) is 5.02 Å². The van der Waals surface area contributed by atoms with E-state index in [1.165, 1.54) is 6.42 Å². The summed E-state index contributed by atoms with van der Waals surface area (Å²) in [5.74, 6) is 1.90. The molecular formula is C25H35ClN2O4. The largest absolute Gasteiger partial charge is 0.493 e. The monoisotopic (exact) mass is 462 g/mol. The van der Waals surface area contributed by atoms with Gasteiger partial charge in [-0.2, -0.15) is 0 Å². The third-order valence-corrected chi connectivity index (χ3v) is 6.53. The van der Waals surface area contributed by atoms with Crippen molar-refractivity contribution in [3.63, 3.8) is 0 Å². The van der Waals surface area contributed by atoms with Gasteiger partial charge in [0.15, 0.2) is 11.5 Å². The Kier molecular flexibility index (Phi) is 8.85. The molecule has 2 saturated heterocycles. The molecule has 3 rings (SSSR count). The number of likely N-dealkylation sites (tertiary alicyclic amines) is 2. The summed E-state index contributed by atoms with van der Waals surface area (Å²) >= 11 is 6.36. The van der Waals surface area contributed by atoms with E-state index in [1.807, 2.05) is 22.8 Å². The molecule has 0 radical (unpaired) electrons. The Hall–Kier alpha value is -2.21. The van der Waals surface area contributed by atoms with Crippen LogP contribution in [0.15, 0.2) is 18.2 Å². The molecule has 0 bridgehead atoms. The van der Waals surface area contributed by atoms with E-state index in [0.717, 1.165) is 44.3 Å². The average Bonchev–Trinajstić information content (AvgIpc) is 2.81. The van der Waals surface area contributed by atoms with E-state index in [9.17, 15) is 9.59 Å². The average molecular weight is 463 g/mol. The lowest BCUT2D eigenvalue weighted by Crippen LogP contribution is -2.46. The second-order valence-electron chi connectivity index (χ2n) is 8.85. The zero-order valence-electron chi connectivity index (χ0n) is 19.4. The summed E-state index contributed by atoms with van der Waals surface area (Å²) in [5.41, 5.74) is 0.772. The Labute approximate surface area is 196 Å². The standard InChI is InChI=1S/C25H35ClN2O4/c1-4-14-32-24-21(26)15-19(16-22(24)31-3)7-8-23(29)27-12-9-20(10-13-27)25(30)28-11-5-6-18(2)17-28/h7-8,15-16,18,20H,4-6,9-14,17H2,1-3H3/b8-7+/t18-/m1/s1. The fraction of sp³-hybridized carbons (Fsp3) is 0.600. The highest BCUT2D eigenvalue weighted by atomic mass is 35.5. The molecule has 1 aromatic carbocycles. The molecule has 7 heteroatoms. The van der Waals surface area contributed by atoms with Crippen LogP contribution in [0, 0.1) is 11.8 Å². The maximum Gasteiger partial charge on any atom is 0.246 e. The summed E-state index contributed by atoms with van der Waals surface area (Å²) in [6, 6.07) is 3.58. The maximum atomic E-state index is 12.8. The Morgan fingerprint density at radius 3 is 2.56 bits per heavy atom. The van der Waals surface area contributed by atoms with Crippen molar-refractivity contribution in [2.75, 3.05) is 39.9 Å². The van der Waals surface area contributed by atoms with Gasteiger partial charge < -0.3 is 19.3 Å². The molecule has 2 amide bonds. The van der Waals surface area contributed by atoms with E-state index in [1.54, 1.807) is 25.3 Å². The maximum absolute atomic E-state index is 12.8. The molecular weight excluding hydrogens is 428 g/mol. The van der Waals surface area contributed by atoms with Crippen LogP contribution in [-0.4, -0.2) is 61.5 Å². The predicted molar refractivity (Wildman–Crippen MR) is 127 cm³/mol. The Morgan fingerprint density at radius 2 is 1.91 bits per heavy atom. The summed E-state index contributed by atoms with van der Waals surface area (Å²) in [5, 5.41) is 0.455. The number of piperidine rings is 2. The SMILES string of the molecule is CCCOc1c(Cl)cc(/C=C/C(=O)N2CCC(C(=O)N3CCC[C@@H](C)C3)CC2)cc1OC. The van der Waals surface area contributed by atoms with Crippen LogP contribution in [0.5, 0.6) is 11.5 Å². The highest BCUT2D eigenvalue weighted by molar-refractivity contribution is 6.32. The smallest absolute Gasteiger partial charge is 0.246 e. The zero-order valence-corrected chi connectivity index (χ0v) is 20.2. The van der Waals surface area contributed by atoms with E-state index in [2.05, 4.69) is 6.92 Å². The quantitative estimate of drug-likeness (QED) is 0.553. The number of rotatable bonds is 7. The number of benzene rings is 1. The van der Waals surface area contributed by atoms with Crippen LogP contribution in [-0.2, 0) is 9.59 Å². The number of hydrogen-bond acceptors (Lipinski definition) is 4. The molecule has 0 spiro atoms. The van der Waals surface area contributed by atoms with Crippen molar-refractivity contribution >= 4 is 29.5 Å². The second-order valence-corrected chi connectivity index (χ2v) is 9.25. The molecule has 2 fully saturated rings. The molecule has 1 atom stereocenters. The molecule has 0 N–H and O–H groups in total. The minimum absolute atomic E-state index is 0.0343. The first kappa shape index (κ1) is 24.4. The van der Waals surface area contributed by atoms with Gasteiger partial charge in [0.25, 0.3) is 0 Å². The Morgan fingerprint density at radius 1 is 1.16 bits per heavy atom. The Balaban J connectivity index is 1.55. The lowest BCUT2D eigenvalue weighted by atomic mass is 9.92. The van der Waals surface area contributed by atoms with Crippen LogP contribution in [0.1, 0.15) is 51.5 Å². The van der Waals surface area contributed by atoms with Crippen LogP contribution in [0.4, 0.5) is 0 Å². The van der Waals surface area contributed by atoms with E-state index < -0.39 is 0 Å². The van der Waals surface area contributed by atoms with E-state index in [0.29, 0.717) is 42.1 Å². The summed E-state index contributed by atoms with van der Waals surface area (Å²) in [6.07, 6.45) is 7.93. The van der Waals surface area contributed by atoms with Crippen LogP contribution in [0.25, 0.3) is 6.08 Å². The summed E-state index contributed by atoms with van der Waals surface area (Å²) in [4.78, 5) is 29.4. The van der Waals surface area contributed by atoms with Gasteiger partial charge in [0.05, 0.1) is 18.7 Å². The van der Waals surface area contributed by atoms with Crippen LogP contribution >= 0.6 is 11.6 Å². The first-order chi connectivity index (χ1) is 15.4. The molecule has 176 valence electrons. The Bertz CT molecular complexity index is 833. The van der Waals surface area contributed by atoms with Crippen molar-refractivity contribution in [3.05, 3.63) is 28.8 Å². The summed E-state index contributed by atoms with van der Waals surface area (Å²) in [6.45, 7) is 7.75. The third kappa shape index (κ3) is 6.18. The zero-order chi connectivity index (χ0) is 23.1. The number of nitrogens with zero attached hydrogens (tertiary/aromatic N) is 2. The van der Waals surface area contributed by atoms with Gasteiger partial charge in [0, 0.05) is 38.2 Å². The first-order valence-electron chi connectivity index (χ1n) is 11.7. The molecule has 6 nitrogen and oxygen atoms in total. The molecule has 0 saturated carbocycles.